The summed E-state index contributed by atoms with van der Waals surface area (Å²) in [6.07, 6.45) is 3.55. The van der Waals surface area contributed by atoms with Gasteiger partial charge in [0.15, 0.2) is 5.65 Å². The predicted octanol–water partition coefficient (Wildman–Crippen LogP) is -0.488. The molecular formula is C9H12N4O2. The molecule has 0 aliphatic rings. The van der Waals surface area contributed by atoms with Gasteiger partial charge in [-0.3, -0.25) is 14.0 Å². The Balaban J connectivity index is 2.51. The smallest absolute Gasteiger partial charge is 0.264 e. The van der Waals surface area contributed by atoms with Crippen molar-refractivity contribution in [2.45, 2.75) is 13.0 Å². The number of aromatic nitrogens is 4. The molecule has 0 atom stereocenters. The van der Waals surface area contributed by atoms with Crippen LogP contribution in [0.4, 0.5) is 0 Å². The van der Waals surface area contributed by atoms with E-state index in [9.17, 15) is 4.79 Å². The number of aryl methyl sites for hydroxylation is 2. The first kappa shape index (κ1) is 9.85. The van der Waals surface area contributed by atoms with Gasteiger partial charge in [0.05, 0.1) is 12.5 Å². The molecule has 2 heterocycles. The highest BCUT2D eigenvalue weighted by atomic mass is 16.3. The summed E-state index contributed by atoms with van der Waals surface area (Å²) < 4.78 is 3.05. The second-order valence-corrected chi connectivity index (χ2v) is 3.33. The Labute approximate surface area is 85.8 Å². The Morgan fingerprint density at radius 1 is 1.53 bits per heavy atom. The summed E-state index contributed by atoms with van der Waals surface area (Å²) in [6.45, 7) is 0.546. The zero-order valence-electron chi connectivity index (χ0n) is 8.42. The molecule has 0 aliphatic carbocycles. The minimum absolute atomic E-state index is 0.0670. The fourth-order valence-corrected chi connectivity index (χ4v) is 1.47. The minimum Gasteiger partial charge on any atom is -0.396 e. The quantitative estimate of drug-likeness (QED) is 0.739. The number of aliphatic hydroxyl groups is 1. The molecule has 15 heavy (non-hydrogen) atoms. The average molecular weight is 208 g/mol. The molecule has 2 aromatic heterocycles. The Bertz CT molecular complexity index is 528. The van der Waals surface area contributed by atoms with E-state index in [0.29, 0.717) is 24.0 Å². The van der Waals surface area contributed by atoms with Gasteiger partial charge in [0, 0.05) is 20.2 Å². The predicted molar refractivity (Wildman–Crippen MR) is 54.5 cm³/mol. The van der Waals surface area contributed by atoms with Gasteiger partial charge >= 0.3 is 0 Å². The van der Waals surface area contributed by atoms with Crippen LogP contribution < -0.4 is 5.56 Å². The highest BCUT2D eigenvalue weighted by Crippen LogP contribution is 2.02. The van der Waals surface area contributed by atoms with E-state index in [-0.39, 0.29) is 12.2 Å². The lowest BCUT2D eigenvalue weighted by molar-refractivity contribution is 0.279. The van der Waals surface area contributed by atoms with Gasteiger partial charge in [-0.2, -0.15) is 5.10 Å². The molecule has 0 spiro atoms. The summed E-state index contributed by atoms with van der Waals surface area (Å²) in [4.78, 5) is 16.0. The van der Waals surface area contributed by atoms with E-state index in [1.165, 1.54) is 17.1 Å². The molecule has 2 rings (SSSR count). The van der Waals surface area contributed by atoms with E-state index >= 15 is 0 Å². The van der Waals surface area contributed by atoms with Crippen molar-refractivity contribution in [3.8, 4) is 0 Å². The van der Waals surface area contributed by atoms with Crippen LogP contribution in [0.2, 0.25) is 0 Å². The Morgan fingerprint density at radius 3 is 3.07 bits per heavy atom. The summed E-state index contributed by atoms with van der Waals surface area (Å²) >= 11 is 0. The van der Waals surface area contributed by atoms with Gasteiger partial charge in [0.25, 0.3) is 5.56 Å². The highest BCUT2D eigenvalue weighted by molar-refractivity contribution is 5.72. The lowest BCUT2D eigenvalue weighted by Crippen LogP contribution is -2.21. The largest absolute Gasteiger partial charge is 0.396 e. The zero-order valence-corrected chi connectivity index (χ0v) is 8.42. The molecule has 0 fully saturated rings. The molecule has 0 aromatic carbocycles. The van der Waals surface area contributed by atoms with Gasteiger partial charge in [-0.1, -0.05) is 0 Å². The summed E-state index contributed by atoms with van der Waals surface area (Å²) in [7, 11) is 1.74. The number of rotatable bonds is 3. The SMILES string of the molecule is Cn1ncc2c(=O)n(CCCO)cnc21. The average Bonchev–Trinajstić information content (AvgIpc) is 2.61. The van der Waals surface area contributed by atoms with Gasteiger partial charge in [-0.25, -0.2) is 4.98 Å². The van der Waals surface area contributed by atoms with E-state index in [1.807, 2.05) is 0 Å². The second-order valence-electron chi connectivity index (χ2n) is 3.33. The Hall–Kier alpha value is -1.69. The molecule has 0 unspecified atom stereocenters. The number of aliphatic hydroxyl groups excluding tert-OH is 1. The summed E-state index contributed by atoms with van der Waals surface area (Å²) in [5, 5.41) is 13.2. The third kappa shape index (κ3) is 1.63. The fraction of sp³-hybridized carbons (Fsp3) is 0.444. The first-order valence-electron chi connectivity index (χ1n) is 4.72. The van der Waals surface area contributed by atoms with Crippen molar-refractivity contribution in [1.29, 1.82) is 0 Å². The third-order valence-electron chi connectivity index (χ3n) is 2.28. The number of fused-ring (bicyclic) bond motifs is 1. The molecule has 0 aliphatic heterocycles. The zero-order chi connectivity index (χ0) is 10.8. The first-order chi connectivity index (χ1) is 7.24. The van der Waals surface area contributed by atoms with E-state index in [2.05, 4.69) is 10.1 Å². The van der Waals surface area contributed by atoms with Crippen molar-refractivity contribution >= 4 is 11.0 Å². The number of hydrogen-bond acceptors (Lipinski definition) is 4. The number of hydrogen-bond donors (Lipinski definition) is 1. The van der Waals surface area contributed by atoms with Crippen molar-refractivity contribution in [2.75, 3.05) is 6.61 Å². The van der Waals surface area contributed by atoms with Gasteiger partial charge < -0.3 is 5.11 Å². The highest BCUT2D eigenvalue weighted by Gasteiger charge is 2.06. The van der Waals surface area contributed by atoms with Crippen LogP contribution in [0.5, 0.6) is 0 Å². The minimum atomic E-state index is -0.110. The second kappa shape index (κ2) is 3.82. The van der Waals surface area contributed by atoms with Crippen molar-refractivity contribution in [1.82, 2.24) is 19.3 Å². The maximum absolute atomic E-state index is 11.8. The standard InChI is InChI=1S/C9H12N4O2/c1-12-8-7(5-11-12)9(15)13(6-10-8)3-2-4-14/h5-6,14H,2-4H2,1H3. The van der Waals surface area contributed by atoms with Crippen molar-refractivity contribution < 1.29 is 5.11 Å². The molecule has 80 valence electrons. The van der Waals surface area contributed by atoms with Gasteiger partial charge in [0.1, 0.15) is 5.39 Å². The molecule has 0 saturated carbocycles. The van der Waals surface area contributed by atoms with E-state index in [0.717, 1.165) is 0 Å². The maximum atomic E-state index is 11.8. The molecule has 6 nitrogen and oxygen atoms in total. The van der Waals surface area contributed by atoms with Crippen LogP contribution in [0.1, 0.15) is 6.42 Å². The van der Waals surface area contributed by atoms with Crippen molar-refractivity contribution in [2.24, 2.45) is 7.05 Å². The molecule has 0 bridgehead atoms. The van der Waals surface area contributed by atoms with Crippen molar-refractivity contribution in [3.05, 3.63) is 22.9 Å². The first-order valence-corrected chi connectivity index (χ1v) is 4.72. The normalized spacial score (nSPS) is 11.1. The van der Waals surface area contributed by atoms with Crippen molar-refractivity contribution in [3.63, 3.8) is 0 Å². The molecule has 1 N–H and O–H groups in total. The van der Waals surface area contributed by atoms with Crippen LogP contribution in [0.3, 0.4) is 0 Å². The van der Waals surface area contributed by atoms with Gasteiger partial charge in [-0.05, 0) is 6.42 Å². The monoisotopic (exact) mass is 208 g/mol. The van der Waals surface area contributed by atoms with E-state index in [1.54, 1.807) is 11.7 Å². The maximum Gasteiger partial charge on any atom is 0.264 e. The number of nitrogens with zero attached hydrogens (tertiary/aromatic N) is 4. The third-order valence-corrected chi connectivity index (χ3v) is 2.28. The van der Waals surface area contributed by atoms with Crippen LogP contribution in [-0.2, 0) is 13.6 Å². The lowest BCUT2D eigenvalue weighted by Gasteiger charge is -2.02. The molecular weight excluding hydrogens is 196 g/mol. The Morgan fingerprint density at radius 2 is 2.33 bits per heavy atom. The summed E-state index contributed by atoms with van der Waals surface area (Å²) in [5.41, 5.74) is 0.474. The van der Waals surface area contributed by atoms with Gasteiger partial charge in [0.2, 0.25) is 0 Å². The topological polar surface area (TPSA) is 72.9 Å². The lowest BCUT2D eigenvalue weighted by atomic mass is 10.4. The Kier molecular flexibility index (Phi) is 2.51. The van der Waals surface area contributed by atoms with Crippen LogP contribution in [0.15, 0.2) is 17.3 Å². The van der Waals surface area contributed by atoms with Crippen LogP contribution in [0, 0.1) is 0 Å². The van der Waals surface area contributed by atoms with E-state index < -0.39 is 0 Å². The fourth-order valence-electron chi connectivity index (χ4n) is 1.47. The molecule has 6 heteroatoms. The summed E-state index contributed by atoms with van der Waals surface area (Å²) in [5.74, 6) is 0. The van der Waals surface area contributed by atoms with Crippen LogP contribution in [0.25, 0.3) is 11.0 Å². The van der Waals surface area contributed by atoms with Crippen LogP contribution >= 0.6 is 0 Å². The molecule has 0 radical (unpaired) electrons. The molecule has 0 amide bonds. The summed E-state index contributed by atoms with van der Waals surface area (Å²) in [6, 6.07) is 0. The van der Waals surface area contributed by atoms with Gasteiger partial charge in [-0.15, -0.1) is 0 Å². The molecule has 2 aromatic rings. The van der Waals surface area contributed by atoms with Crippen LogP contribution in [-0.4, -0.2) is 31.0 Å². The molecule has 0 saturated heterocycles. The van der Waals surface area contributed by atoms with E-state index in [4.69, 9.17) is 5.11 Å².